The highest BCUT2D eigenvalue weighted by atomic mass is 32.2. The van der Waals surface area contributed by atoms with E-state index in [0.717, 1.165) is 22.7 Å². The van der Waals surface area contributed by atoms with Gasteiger partial charge in [-0.15, -0.1) is 0 Å². The Morgan fingerprint density at radius 1 is 1.10 bits per heavy atom. The summed E-state index contributed by atoms with van der Waals surface area (Å²) in [5.41, 5.74) is 1.12. The molecule has 48 heavy (non-hydrogen) atoms. The van der Waals surface area contributed by atoms with Crippen LogP contribution in [0.3, 0.4) is 0 Å². The number of rotatable bonds is 10. The third-order valence-electron chi connectivity index (χ3n) is 7.79. The van der Waals surface area contributed by atoms with Gasteiger partial charge in [0.2, 0.25) is 11.8 Å². The summed E-state index contributed by atoms with van der Waals surface area (Å²) in [5, 5.41) is 4.20. The number of pyridine rings is 1. The zero-order valence-electron chi connectivity index (χ0n) is 28.1. The van der Waals surface area contributed by atoms with Crippen LogP contribution in [-0.4, -0.2) is 77.0 Å². The first kappa shape index (κ1) is 34.8. The van der Waals surface area contributed by atoms with Crippen LogP contribution in [0.1, 0.15) is 52.5 Å². The van der Waals surface area contributed by atoms with E-state index in [1.807, 2.05) is 40.7 Å². The molecule has 4 aromatic rings. The largest absolute Gasteiger partial charge is 0.444 e. The van der Waals surface area contributed by atoms with Gasteiger partial charge in [-0.05, 0) is 82.9 Å². The molecule has 0 saturated carbocycles. The first-order valence-corrected chi connectivity index (χ1v) is 17.4. The molecule has 1 atom stereocenters. The fourth-order valence-electron chi connectivity index (χ4n) is 5.45. The van der Waals surface area contributed by atoms with Crippen molar-refractivity contribution in [2.45, 2.75) is 65.5 Å². The molecule has 5 rings (SSSR count). The number of likely N-dealkylation sites (tertiary alicyclic amines) is 1. The highest BCUT2D eigenvalue weighted by molar-refractivity contribution is 7.90. The van der Waals surface area contributed by atoms with Crippen LogP contribution in [-0.2, 0) is 14.9 Å². The van der Waals surface area contributed by atoms with E-state index in [-0.39, 0.29) is 30.2 Å². The Hall–Kier alpha value is -4.56. The van der Waals surface area contributed by atoms with Gasteiger partial charge in [-0.2, -0.15) is 12.7 Å². The van der Waals surface area contributed by atoms with Gasteiger partial charge in [0.1, 0.15) is 17.2 Å². The van der Waals surface area contributed by atoms with Crippen LogP contribution in [0.2, 0.25) is 0 Å². The summed E-state index contributed by atoms with van der Waals surface area (Å²) in [5.74, 6) is 0.324. The lowest BCUT2D eigenvalue weighted by molar-refractivity contribution is 0.0206. The van der Waals surface area contributed by atoms with E-state index in [2.05, 4.69) is 20.0 Å². The lowest BCUT2D eigenvalue weighted by atomic mass is 10.0. The number of hydrogen-bond donors (Lipinski definition) is 2. The number of nitrogens with zero attached hydrogens (tertiary/aromatic N) is 5. The molecule has 0 unspecified atom stereocenters. The van der Waals surface area contributed by atoms with Crippen LogP contribution in [0.15, 0.2) is 54.9 Å². The van der Waals surface area contributed by atoms with Crippen molar-refractivity contribution in [3.05, 3.63) is 66.2 Å². The van der Waals surface area contributed by atoms with Crippen LogP contribution < -0.4 is 14.8 Å². The Kier molecular flexibility index (Phi) is 10.3. The quantitative estimate of drug-likeness (QED) is 0.187. The number of benzene rings is 2. The summed E-state index contributed by atoms with van der Waals surface area (Å²) >= 11 is 0. The van der Waals surface area contributed by atoms with Gasteiger partial charge in [-0.3, -0.25) is 4.72 Å². The van der Waals surface area contributed by atoms with Crippen molar-refractivity contribution >= 4 is 38.7 Å². The third-order valence-corrected chi connectivity index (χ3v) is 9.25. The third kappa shape index (κ3) is 8.11. The molecule has 1 fully saturated rings. The van der Waals surface area contributed by atoms with Crippen LogP contribution >= 0.6 is 0 Å². The summed E-state index contributed by atoms with van der Waals surface area (Å²) in [6.45, 7) is 10.6. The molecule has 0 bridgehead atoms. The highest BCUT2D eigenvalue weighted by Crippen LogP contribution is 2.40. The number of carbonyl (C=O) groups excluding carboxylic acids is 1. The lowest BCUT2D eigenvalue weighted by Crippen LogP contribution is -2.47. The second-order valence-electron chi connectivity index (χ2n) is 12.8. The monoisotopic (exact) mass is 679 g/mol. The second kappa shape index (κ2) is 14.3. The average molecular weight is 680 g/mol. The second-order valence-corrected chi connectivity index (χ2v) is 14.6. The minimum atomic E-state index is -4.00. The number of halogens is 1. The molecular formula is C34H42FN7O5S. The van der Waals surface area contributed by atoms with Gasteiger partial charge in [0.25, 0.3) is 0 Å². The Morgan fingerprint density at radius 2 is 1.88 bits per heavy atom. The van der Waals surface area contributed by atoms with Gasteiger partial charge in [0, 0.05) is 55.9 Å². The standard InChI is InChI=1S/C34H42FN7O5S/c1-7-19-41(6)48(44,45)40-29-24-13-12-22(2)30(25(24)14-15-27(29)35)46-31-26(11-8-17-36-31)28-16-18-37-32(39-28)38-23-10-9-20-42(21-23)33(43)47-34(3,4)5/h8,11-18,23,40H,7,9-10,19-21H2,1-6H3,(H,37,38,39)/t23-/m0/s1. The molecule has 2 aromatic carbocycles. The maximum atomic E-state index is 15.1. The first-order valence-electron chi connectivity index (χ1n) is 15.9. The van der Waals surface area contributed by atoms with Crippen molar-refractivity contribution in [2.24, 2.45) is 0 Å². The summed E-state index contributed by atoms with van der Waals surface area (Å²) < 4.78 is 56.6. The predicted molar refractivity (Wildman–Crippen MR) is 184 cm³/mol. The molecule has 0 aliphatic carbocycles. The van der Waals surface area contributed by atoms with E-state index in [9.17, 15) is 13.2 Å². The van der Waals surface area contributed by atoms with Crippen LogP contribution in [0, 0.1) is 12.7 Å². The Balaban J connectivity index is 1.42. The van der Waals surface area contributed by atoms with E-state index >= 15 is 4.39 Å². The molecule has 0 spiro atoms. The molecule has 0 radical (unpaired) electrons. The fraction of sp³-hybridized carbons (Fsp3) is 0.412. The van der Waals surface area contributed by atoms with Gasteiger partial charge in [-0.25, -0.2) is 24.1 Å². The normalized spacial score (nSPS) is 15.4. The van der Waals surface area contributed by atoms with Gasteiger partial charge >= 0.3 is 16.3 Å². The minimum absolute atomic E-state index is 0.0711. The minimum Gasteiger partial charge on any atom is -0.444 e. The predicted octanol–water partition coefficient (Wildman–Crippen LogP) is 6.74. The molecule has 1 saturated heterocycles. The van der Waals surface area contributed by atoms with E-state index in [1.165, 1.54) is 13.1 Å². The van der Waals surface area contributed by atoms with Crippen molar-refractivity contribution < 1.29 is 27.1 Å². The Bertz CT molecular complexity index is 1900. The molecule has 1 aliphatic heterocycles. The SMILES string of the molecule is CCCN(C)S(=O)(=O)Nc1c(F)ccc2c(Oc3ncccc3-c3ccnc(N[C@H]4CCCN(C(=O)OC(C)(C)C)C4)n3)c(C)ccc12. The molecule has 12 nitrogen and oxygen atoms in total. The fourth-order valence-corrected chi connectivity index (χ4v) is 6.50. The number of fused-ring (bicyclic) bond motifs is 1. The smallest absolute Gasteiger partial charge is 0.410 e. The number of anilines is 2. The Labute approximate surface area is 280 Å². The van der Waals surface area contributed by atoms with Gasteiger partial charge in [0.05, 0.1) is 16.9 Å². The first-order chi connectivity index (χ1) is 22.8. The number of piperidine rings is 1. The van der Waals surface area contributed by atoms with Crippen LogP contribution in [0.5, 0.6) is 11.6 Å². The summed E-state index contributed by atoms with van der Waals surface area (Å²) in [6.07, 6.45) is 5.13. The number of aromatic nitrogens is 3. The highest BCUT2D eigenvalue weighted by Gasteiger charge is 2.28. The Morgan fingerprint density at radius 3 is 2.62 bits per heavy atom. The number of amides is 1. The van der Waals surface area contributed by atoms with E-state index in [4.69, 9.17) is 14.5 Å². The molecule has 3 heterocycles. The molecule has 256 valence electrons. The van der Waals surface area contributed by atoms with Crippen molar-refractivity contribution in [2.75, 3.05) is 36.7 Å². The average Bonchev–Trinajstić information content (AvgIpc) is 3.03. The summed E-state index contributed by atoms with van der Waals surface area (Å²) in [7, 11) is -2.56. The number of aryl methyl sites for hydroxylation is 1. The zero-order chi connectivity index (χ0) is 34.6. The molecule has 1 amide bonds. The maximum Gasteiger partial charge on any atom is 0.410 e. The maximum absolute atomic E-state index is 15.1. The number of ether oxygens (including phenoxy) is 2. The van der Waals surface area contributed by atoms with Crippen molar-refractivity contribution in [1.29, 1.82) is 0 Å². The van der Waals surface area contributed by atoms with E-state index in [0.29, 0.717) is 53.2 Å². The van der Waals surface area contributed by atoms with Crippen molar-refractivity contribution in [1.82, 2.24) is 24.2 Å². The number of nitrogens with one attached hydrogen (secondary N) is 2. The van der Waals surface area contributed by atoms with E-state index < -0.39 is 21.6 Å². The van der Waals surface area contributed by atoms with E-state index in [1.54, 1.807) is 47.6 Å². The van der Waals surface area contributed by atoms with Gasteiger partial charge < -0.3 is 19.7 Å². The molecule has 1 aliphatic rings. The summed E-state index contributed by atoms with van der Waals surface area (Å²) in [6, 6.07) is 11.4. The molecule has 2 aromatic heterocycles. The summed E-state index contributed by atoms with van der Waals surface area (Å²) in [4.78, 5) is 28.0. The number of hydrogen-bond acceptors (Lipinski definition) is 9. The molecule has 2 N–H and O–H groups in total. The van der Waals surface area contributed by atoms with Crippen LogP contribution in [0.25, 0.3) is 22.0 Å². The zero-order valence-corrected chi connectivity index (χ0v) is 28.9. The van der Waals surface area contributed by atoms with Crippen LogP contribution in [0.4, 0.5) is 20.8 Å². The number of carbonyl (C=O) groups is 1. The van der Waals surface area contributed by atoms with Gasteiger partial charge in [-0.1, -0.05) is 19.1 Å². The topological polar surface area (TPSA) is 139 Å². The molecule has 14 heteroatoms. The van der Waals surface area contributed by atoms with Crippen molar-refractivity contribution in [3.63, 3.8) is 0 Å². The van der Waals surface area contributed by atoms with Gasteiger partial charge in [0.15, 0.2) is 0 Å². The van der Waals surface area contributed by atoms with Crippen molar-refractivity contribution in [3.8, 4) is 22.9 Å². The lowest BCUT2D eigenvalue weighted by Gasteiger charge is -2.34. The molecular weight excluding hydrogens is 637 g/mol.